The smallest absolute Gasteiger partial charge is 0.364 e. The Kier molecular flexibility index (Phi) is 56.6. The molecule has 105 heavy (non-hydrogen) atoms. The average molecular weight is 1510 g/mol. The largest absolute Gasteiger partial charge is 0.477 e. The van der Waals surface area contributed by atoms with Gasteiger partial charge in [0.15, 0.2) is 12.6 Å². The molecule has 3 saturated heterocycles. The molecule has 620 valence electrons. The Morgan fingerprint density at radius 2 is 0.829 bits per heavy atom. The molecule has 3 heterocycles. The number of aliphatic carboxylic acids is 1. The van der Waals surface area contributed by atoms with E-state index in [4.69, 9.17) is 28.4 Å². The fourth-order valence-electron chi connectivity index (χ4n) is 15.3. The highest BCUT2D eigenvalue weighted by Crippen LogP contribution is 2.39. The van der Waals surface area contributed by atoms with Crippen LogP contribution in [0.25, 0.3) is 0 Å². The summed E-state index contributed by atoms with van der Waals surface area (Å²) in [5.41, 5.74) is 0. The molecule has 0 saturated carbocycles. The molecule has 18 atom stereocenters. The third-order valence-electron chi connectivity index (χ3n) is 22.1. The van der Waals surface area contributed by atoms with E-state index in [-0.39, 0.29) is 18.9 Å². The number of carboxylic acids is 1. The van der Waals surface area contributed by atoms with E-state index in [2.05, 4.69) is 24.5 Å². The lowest BCUT2D eigenvalue weighted by Gasteiger charge is -2.50. The van der Waals surface area contributed by atoms with E-state index < -0.39 is 148 Å². The number of aliphatic hydroxyl groups is 11. The third kappa shape index (κ3) is 41.2. The van der Waals surface area contributed by atoms with Gasteiger partial charge in [-0.15, -0.1) is 0 Å². The molecule has 0 spiro atoms. The molecule has 2 amide bonds. The maximum Gasteiger partial charge on any atom is 0.364 e. The number of amides is 2. The highest BCUT2D eigenvalue weighted by atomic mass is 16.8. The molecule has 23 heteroatoms. The van der Waals surface area contributed by atoms with Gasteiger partial charge < -0.3 is 100 Å². The van der Waals surface area contributed by atoms with Crippen molar-refractivity contribution in [3.63, 3.8) is 0 Å². The van der Waals surface area contributed by atoms with Crippen LogP contribution in [0.4, 0.5) is 0 Å². The van der Waals surface area contributed by atoms with Crippen molar-refractivity contribution in [1.82, 2.24) is 10.6 Å². The van der Waals surface area contributed by atoms with E-state index in [1.807, 2.05) is 0 Å². The lowest BCUT2D eigenvalue weighted by atomic mass is 9.88. The van der Waals surface area contributed by atoms with E-state index >= 15 is 0 Å². The SMILES string of the molecule is CCCCCCCCCCCCCCCCCCCCCCCCCCCCCCCCCCC(=O)NC(COC1OC(CO)C(OC2OC(CO)C(O)C(OC3(C(=O)O)CC(O)C(NC(C)=O)C(C(O)C(O)CO)O3)C2O)C(O)C1O)C(O)CCCCCCCCCCCCCCCCCCCCC. The summed E-state index contributed by atoms with van der Waals surface area (Å²) in [7, 11) is 0. The Morgan fingerprint density at radius 1 is 0.457 bits per heavy atom. The van der Waals surface area contributed by atoms with Crippen molar-refractivity contribution in [2.24, 2.45) is 0 Å². The zero-order chi connectivity index (χ0) is 76.7. The van der Waals surface area contributed by atoms with Crippen LogP contribution in [0.2, 0.25) is 0 Å². The molecular weight excluding hydrogens is 1350 g/mol. The first kappa shape index (κ1) is 96.9. The number of unbranched alkanes of at least 4 members (excludes halogenated alkanes) is 49. The summed E-state index contributed by atoms with van der Waals surface area (Å²) >= 11 is 0. The predicted octanol–water partition coefficient (Wildman–Crippen LogP) is 12.4. The monoisotopic (exact) mass is 1510 g/mol. The summed E-state index contributed by atoms with van der Waals surface area (Å²) in [5, 5.41) is 137. The van der Waals surface area contributed by atoms with E-state index in [0.717, 1.165) is 51.9 Å². The van der Waals surface area contributed by atoms with Crippen LogP contribution < -0.4 is 10.6 Å². The number of rotatable bonds is 69. The van der Waals surface area contributed by atoms with Crippen molar-refractivity contribution >= 4 is 17.8 Å². The molecule has 3 aliphatic heterocycles. The maximum atomic E-state index is 13.6. The number of carbonyl (C=O) groups excluding carboxylic acids is 2. The van der Waals surface area contributed by atoms with Crippen LogP contribution in [0, 0.1) is 0 Å². The van der Waals surface area contributed by atoms with Gasteiger partial charge in [0.05, 0.1) is 50.7 Å². The number of hydrogen-bond donors (Lipinski definition) is 14. The van der Waals surface area contributed by atoms with Crippen LogP contribution in [0.15, 0.2) is 0 Å². The second-order valence-corrected chi connectivity index (χ2v) is 31.4. The van der Waals surface area contributed by atoms with Gasteiger partial charge in [-0.1, -0.05) is 335 Å². The molecule has 14 N–H and O–H groups in total. The standard InChI is InChI=1S/C82H156N2O21/c1-4-6-8-10-12-14-16-18-20-22-24-25-26-27-28-29-30-31-32-33-34-35-36-38-40-42-44-46-48-50-52-54-56-69(92)84-63(64(89)55-53-51-49-47-45-43-41-39-37-23-21-19-17-15-13-11-9-7-5-2)61-100-79-74(96)73(95)76(68(60-87)102-79)103-80-75(97)78(72(94)67(59-86)101-80)105-82(81(98)99)57-65(90)70(83-62(3)88)77(104-82)71(93)66(91)58-85/h63-68,70-80,85-87,89-91,93-97H,4-61H2,1-3H3,(H,83,88)(H,84,92)(H,98,99). The predicted molar refractivity (Wildman–Crippen MR) is 408 cm³/mol. The number of carbonyl (C=O) groups is 3. The van der Waals surface area contributed by atoms with Gasteiger partial charge >= 0.3 is 5.97 Å². The molecule has 0 aromatic carbocycles. The molecule has 3 rings (SSSR count). The number of aliphatic hydroxyl groups excluding tert-OH is 11. The zero-order valence-electron chi connectivity index (χ0n) is 65.9. The van der Waals surface area contributed by atoms with Gasteiger partial charge in [-0.25, -0.2) is 4.79 Å². The minimum atomic E-state index is -3.08. The lowest BCUT2D eigenvalue weighted by Crippen LogP contribution is -2.70. The van der Waals surface area contributed by atoms with Crippen LogP contribution in [-0.4, -0.2) is 215 Å². The molecule has 0 aromatic heterocycles. The second-order valence-electron chi connectivity index (χ2n) is 31.4. The molecule has 0 bridgehead atoms. The van der Waals surface area contributed by atoms with Gasteiger partial charge in [0.2, 0.25) is 11.8 Å². The molecule has 3 aliphatic rings. The van der Waals surface area contributed by atoms with Crippen LogP contribution >= 0.6 is 0 Å². The third-order valence-corrected chi connectivity index (χ3v) is 22.1. The van der Waals surface area contributed by atoms with Crippen LogP contribution in [0.1, 0.15) is 367 Å². The molecule has 0 aliphatic carbocycles. The summed E-state index contributed by atoms with van der Waals surface area (Å²) in [6, 6.07) is -2.53. The fraction of sp³-hybridized carbons (Fsp3) is 0.963. The first-order chi connectivity index (χ1) is 50.9. The molecule has 3 fully saturated rings. The quantitative estimate of drug-likeness (QED) is 0.0252. The summed E-state index contributed by atoms with van der Waals surface area (Å²) in [4.78, 5) is 38.7. The second kappa shape index (κ2) is 61.3. The van der Waals surface area contributed by atoms with E-state index in [0.29, 0.717) is 19.3 Å². The van der Waals surface area contributed by atoms with Crippen molar-refractivity contribution < 1.29 is 104 Å². The van der Waals surface area contributed by atoms with Gasteiger partial charge in [-0.2, -0.15) is 0 Å². The summed E-state index contributed by atoms with van der Waals surface area (Å²) < 4.78 is 35.0. The van der Waals surface area contributed by atoms with E-state index in [1.165, 1.54) is 270 Å². The van der Waals surface area contributed by atoms with E-state index in [9.17, 15) is 75.7 Å². The van der Waals surface area contributed by atoms with Gasteiger partial charge in [-0.3, -0.25) is 9.59 Å². The van der Waals surface area contributed by atoms with Crippen molar-refractivity contribution in [1.29, 1.82) is 0 Å². The normalized spacial score (nSPS) is 26.2. The minimum absolute atomic E-state index is 0.230. The van der Waals surface area contributed by atoms with Crippen molar-refractivity contribution in [2.45, 2.75) is 477 Å². The molecule has 23 nitrogen and oxygen atoms in total. The topological polar surface area (TPSA) is 373 Å². The summed E-state index contributed by atoms with van der Waals surface area (Å²) in [6.45, 7) is 2.28. The average Bonchev–Trinajstić information content (AvgIpc) is 0.753. The molecule has 18 unspecified atom stereocenters. The van der Waals surface area contributed by atoms with Crippen molar-refractivity contribution in [3.8, 4) is 0 Å². The first-order valence-electron chi connectivity index (χ1n) is 42.9. The maximum absolute atomic E-state index is 13.6. The van der Waals surface area contributed by atoms with Gasteiger partial charge in [-0.05, 0) is 12.8 Å². The summed E-state index contributed by atoms with van der Waals surface area (Å²) in [5.74, 6) is -6.09. The number of ether oxygens (including phenoxy) is 6. The molecule has 0 radical (unpaired) electrons. The highest BCUT2D eigenvalue weighted by molar-refractivity contribution is 5.77. The first-order valence-corrected chi connectivity index (χ1v) is 42.9. The number of nitrogens with one attached hydrogen (secondary N) is 2. The minimum Gasteiger partial charge on any atom is -0.477 e. The van der Waals surface area contributed by atoms with Crippen molar-refractivity contribution in [2.75, 3.05) is 26.4 Å². The van der Waals surface area contributed by atoms with Gasteiger partial charge in [0.25, 0.3) is 5.79 Å². The zero-order valence-corrected chi connectivity index (χ0v) is 65.9. The Labute approximate surface area is 633 Å². The Hall–Kier alpha value is -2.27. The van der Waals surface area contributed by atoms with Gasteiger partial charge in [0, 0.05) is 19.8 Å². The molecular formula is C82H156N2O21. The lowest BCUT2D eigenvalue weighted by molar-refractivity contribution is -0.386. The number of hydrogen-bond acceptors (Lipinski definition) is 20. The highest BCUT2D eigenvalue weighted by Gasteiger charge is 2.60. The Morgan fingerprint density at radius 3 is 1.19 bits per heavy atom. The van der Waals surface area contributed by atoms with Crippen LogP contribution in [-0.2, 0) is 42.8 Å². The van der Waals surface area contributed by atoms with Crippen LogP contribution in [0.5, 0.6) is 0 Å². The van der Waals surface area contributed by atoms with Crippen molar-refractivity contribution in [3.05, 3.63) is 0 Å². The Bertz CT molecular complexity index is 2090. The van der Waals surface area contributed by atoms with E-state index in [1.54, 1.807) is 0 Å². The Balaban J connectivity index is 1.45. The number of carboxylic acid groups (broad SMARTS) is 1. The summed E-state index contributed by atoms with van der Waals surface area (Å²) in [6.07, 6.45) is 36.8. The van der Waals surface area contributed by atoms with Crippen LogP contribution in [0.3, 0.4) is 0 Å². The fourth-order valence-corrected chi connectivity index (χ4v) is 15.3. The molecule has 0 aromatic rings. The van der Waals surface area contributed by atoms with Gasteiger partial charge in [0.1, 0.15) is 67.1 Å².